The zero-order valence-electron chi connectivity index (χ0n) is 16.9. The number of hydrogen-bond acceptors (Lipinski definition) is 3. The van der Waals surface area contributed by atoms with Crippen molar-refractivity contribution in [2.24, 2.45) is 0 Å². The maximum absolute atomic E-state index is 13.3. The summed E-state index contributed by atoms with van der Waals surface area (Å²) in [7, 11) is -4.36. The molecule has 6 nitrogen and oxygen atoms in total. The van der Waals surface area contributed by atoms with E-state index >= 15 is 0 Å². The van der Waals surface area contributed by atoms with Gasteiger partial charge in [-0.2, -0.15) is 17.5 Å². The average molecular weight is 495 g/mol. The van der Waals surface area contributed by atoms with Gasteiger partial charge in [0.1, 0.15) is 5.82 Å². The first-order valence-electron chi connectivity index (χ1n) is 9.68. The Labute approximate surface area is 187 Å². The number of quaternary nitrogens is 1. The fourth-order valence-corrected chi connectivity index (χ4v) is 5.40. The lowest BCUT2D eigenvalue weighted by Crippen LogP contribution is -3.19. The molecule has 0 spiro atoms. The molecule has 1 saturated heterocycles. The molecule has 32 heavy (non-hydrogen) atoms. The fourth-order valence-electron chi connectivity index (χ4n) is 3.53. The topological polar surface area (TPSA) is 70.9 Å². The van der Waals surface area contributed by atoms with Gasteiger partial charge in [-0.15, -0.1) is 0 Å². The largest absolute Gasteiger partial charge is 0.417 e. The number of alkyl halides is 3. The van der Waals surface area contributed by atoms with Crippen molar-refractivity contribution in [3.63, 3.8) is 0 Å². The Hall–Kier alpha value is -2.21. The zero-order chi connectivity index (χ0) is 23.7. The van der Waals surface area contributed by atoms with Gasteiger partial charge in [0.25, 0.3) is 5.91 Å². The predicted molar refractivity (Wildman–Crippen MR) is 110 cm³/mol. The molecule has 1 fully saturated rings. The second kappa shape index (κ2) is 9.34. The quantitative estimate of drug-likeness (QED) is 0.627. The molecule has 3 rings (SSSR count). The van der Waals surface area contributed by atoms with Gasteiger partial charge in [-0.1, -0.05) is 23.7 Å². The Bertz CT molecular complexity index is 1100. The van der Waals surface area contributed by atoms with E-state index in [4.69, 9.17) is 11.6 Å². The van der Waals surface area contributed by atoms with E-state index in [1.807, 2.05) is 0 Å². The van der Waals surface area contributed by atoms with Gasteiger partial charge < -0.3 is 10.2 Å². The number of sulfonamides is 1. The van der Waals surface area contributed by atoms with Gasteiger partial charge >= 0.3 is 6.18 Å². The van der Waals surface area contributed by atoms with Gasteiger partial charge in [-0.05, 0) is 37.3 Å². The Morgan fingerprint density at radius 2 is 1.78 bits per heavy atom. The summed E-state index contributed by atoms with van der Waals surface area (Å²) < 4.78 is 79.7. The number of hydrogen-bond donors (Lipinski definition) is 2. The molecule has 1 aliphatic heterocycles. The SMILES string of the molecule is C[C@H](C(=O)Nc1ccc(F)cc1Cl)[NH+]1CCN(S(=O)(=O)c2ccccc2C(F)(F)F)CC1. The third-order valence-electron chi connectivity index (χ3n) is 5.37. The number of piperazine rings is 1. The van der Waals surface area contributed by atoms with Crippen molar-refractivity contribution in [3.05, 3.63) is 58.9 Å². The van der Waals surface area contributed by atoms with E-state index in [0.29, 0.717) is 0 Å². The molecule has 174 valence electrons. The highest BCUT2D eigenvalue weighted by Gasteiger charge is 2.40. The van der Waals surface area contributed by atoms with Crippen molar-refractivity contribution in [2.75, 3.05) is 31.5 Å². The number of anilines is 1. The minimum absolute atomic E-state index is 0.0415. The number of amides is 1. The van der Waals surface area contributed by atoms with Gasteiger partial charge in [0.05, 0.1) is 47.3 Å². The van der Waals surface area contributed by atoms with Crippen molar-refractivity contribution in [1.29, 1.82) is 0 Å². The molecular formula is C20H21ClF4N3O3S+. The van der Waals surface area contributed by atoms with Crippen LogP contribution in [0.3, 0.4) is 0 Å². The molecule has 1 amide bonds. The normalized spacial score (nSPS) is 17.2. The Morgan fingerprint density at radius 3 is 2.38 bits per heavy atom. The highest BCUT2D eigenvalue weighted by atomic mass is 35.5. The molecule has 0 unspecified atom stereocenters. The molecule has 2 N–H and O–H groups in total. The first-order chi connectivity index (χ1) is 14.9. The van der Waals surface area contributed by atoms with Crippen LogP contribution in [0.5, 0.6) is 0 Å². The Kier molecular flexibility index (Phi) is 7.13. The maximum atomic E-state index is 13.3. The van der Waals surface area contributed by atoms with Crippen molar-refractivity contribution < 1.29 is 35.7 Å². The lowest BCUT2D eigenvalue weighted by molar-refractivity contribution is -0.917. The third kappa shape index (κ3) is 5.22. The molecule has 0 aliphatic carbocycles. The van der Waals surface area contributed by atoms with Gasteiger partial charge in [-0.3, -0.25) is 4.79 Å². The molecule has 0 aromatic heterocycles. The number of benzene rings is 2. The molecule has 0 radical (unpaired) electrons. The lowest BCUT2D eigenvalue weighted by Gasteiger charge is -2.34. The summed E-state index contributed by atoms with van der Waals surface area (Å²) in [4.78, 5) is 12.5. The lowest BCUT2D eigenvalue weighted by atomic mass is 10.2. The average Bonchev–Trinajstić information content (AvgIpc) is 2.74. The van der Waals surface area contributed by atoms with Crippen LogP contribution in [-0.4, -0.2) is 50.9 Å². The molecule has 1 aliphatic rings. The molecule has 0 saturated carbocycles. The summed E-state index contributed by atoms with van der Waals surface area (Å²) >= 11 is 5.92. The number of carbonyl (C=O) groups is 1. The van der Waals surface area contributed by atoms with Crippen LogP contribution in [-0.2, 0) is 21.0 Å². The molecule has 0 bridgehead atoms. The van der Waals surface area contributed by atoms with Gasteiger partial charge in [0, 0.05) is 0 Å². The standard InChI is InChI=1S/C20H20ClF4N3O3S/c1-13(19(29)26-17-7-6-14(22)12-16(17)21)27-8-10-28(11-9-27)32(30,31)18-5-3-2-4-15(18)20(23,24)25/h2-7,12-13H,8-11H2,1H3,(H,26,29)/p+1/t13-/m1/s1. The van der Waals surface area contributed by atoms with E-state index in [2.05, 4.69) is 5.32 Å². The van der Waals surface area contributed by atoms with Crippen LogP contribution >= 0.6 is 11.6 Å². The van der Waals surface area contributed by atoms with Crippen LogP contribution in [0.1, 0.15) is 12.5 Å². The van der Waals surface area contributed by atoms with Crippen molar-refractivity contribution >= 4 is 33.2 Å². The smallest absolute Gasteiger partial charge is 0.323 e. The summed E-state index contributed by atoms with van der Waals surface area (Å²) in [5.74, 6) is -0.941. The van der Waals surface area contributed by atoms with Crippen molar-refractivity contribution in [2.45, 2.75) is 24.0 Å². The monoisotopic (exact) mass is 494 g/mol. The first kappa shape index (κ1) is 24.4. The second-order valence-electron chi connectivity index (χ2n) is 7.39. The highest BCUT2D eigenvalue weighted by molar-refractivity contribution is 7.89. The Morgan fingerprint density at radius 1 is 1.16 bits per heavy atom. The summed E-state index contributed by atoms with van der Waals surface area (Å²) in [5.41, 5.74) is -0.965. The number of halogens is 5. The number of carbonyl (C=O) groups excluding carboxylic acids is 1. The summed E-state index contributed by atoms with van der Waals surface area (Å²) in [6.07, 6.45) is -4.80. The van der Waals surface area contributed by atoms with E-state index < -0.39 is 44.4 Å². The van der Waals surface area contributed by atoms with Crippen LogP contribution in [0.15, 0.2) is 47.4 Å². The Balaban J connectivity index is 1.67. The van der Waals surface area contributed by atoms with E-state index in [-0.39, 0.29) is 36.9 Å². The molecule has 1 atom stereocenters. The summed E-state index contributed by atoms with van der Waals surface area (Å²) in [5, 5.41) is 2.65. The van der Waals surface area contributed by atoms with Crippen LogP contribution < -0.4 is 10.2 Å². The predicted octanol–water partition coefficient (Wildman–Crippen LogP) is 2.41. The van der Waals surface area contributed by atoms with E-state index in [1.54, 1.807) is 6.92 Å². The number of rotatable bonds is 5. The molecule has 12 heteroatoms. The highest BCUT2D eigenvalue weighted by Crippen LogP contribution is 2.35. The van der Waals surface area contributed by atoms with Crippen LogP contribution in [0.4, 0.5) is 23.2 Å². The number of nitrogens with one attached hydrogen (secondary N) is 2. The van der Waals surface area contributed by atoms with Crippen molar-refractivity contribution in [1.82, 2.24) is 4.31 Å². The van der Waals surface area contributed by atoms with E-state index in [0.717, 1.165) is 39.5 Å². The molecule has 2 aromatic rings. The van der Waals surface area contributed by atoms with Crippen molar-refractivity contribution in [3.8, 4) is 0 Å². The van der Waals surface area contributed by atoms with Crippen LogP contribution in [0.25, 0.3) is 0 Å². The molecular weight excluding hydrogens is 474 g/mol. The second-order valence-corrected chi connectivity index (χ2v) is 9.70. The first-order valence-corrected chi connectivity index (χ1v) is 11.5. The van der Waals surface area contributed by atoms with Gasteiger partial charge in [-0.25, -0.2) is 12.8 Å². The minimum atomic E-state index is -4.80. The van der Waals surface area contributed by atoms with Gasteiger partial charge in [0.2, 0.25) is 10.0 Å². The molecule has 1 heterocycles. The zero-order valence-corrected chi connectivity index (χ0v) is 18.5. The number of nitrogens with zero attached hydrogens (tertiary/aromatic N) is 1. The third-order valence-corrected chi connectivity index (χ3v) is 7.64. The van der Waals surface area contributed by atoms with E-state index in [9.17, 15) is 30.8 Å². The molecule has 2 aromatic carbocycles. The minimum Gasteiger partial charge on any atom is -0.323 e. The van der Waals surface area contributed by atoms with Crippen LogP contribution in [0.2, 0.25) is 5.02 Å². The van der Waals surface area contributed by atoms with E-state index in [1.165, 1.54) is 12.1 Å². The van der Waals surface area contributed by atoms with Crippen LogP contribution in [0, 0.1) is 5.82 Å². The summed E-state index contributed by atoms with van der Waals surface area (Å²) in [6, 6.07) is 7.03. The van der Waals surface area contributed by atoms with Gasteiger partial charge in [0.15, 0.2) is 6.04 Å². The fraction of sp³-hybridized carbons (Fsp3) is 0.350. The summed E-state index contributed by atoms with van der Waals surface area (Å²) in [6.45, 7) is 2.00. The maximum Gasteiger partial charge on any atom is 0.417 e.